The van der Waals surface area contributed by atoms with Gasteiger partial charge < -0.3 is 0 Å². The minimum Gasteiger partial charge on any atom is -0.277 e. The average Bonchev–Trinajstić information content (AvgIpc) is 1.30. The van der Waals surface area contributed by atoms with Gasteiger partial charge >= 0.3 is 5.57 Å². The van der Waals surface area contributed by atoms with Gasteiger partial charge in [-0.05, 0) is 11.6 Å². The van der Waals surface area contributed by atoms with Crippen molar-refractivity contribution in [1.82, 2.24) is 0 Å². The van der Waals surface area contributed by atoms with Crippen LogP contribution in [0.4, 0.5) is 8.78 Å². The molecule has 0 aromatic carbocycles. The fourth-order valence-electron chi connectivity index (χ4n) is 0.0668. The number of alkyl halides is 3. The van der Waals surface area contributed by atoms with Crippen LogP contribution in [-0.4, -0.2) is 12.4 Å². The maximum absolute atomic E-state index is 11.1. The second kappa shape index (κ2) is 2.40. The monoisotopic (exact) mass is 131 g/mol. The minimum atomic E-state index is -3.79. The molecule has 0 spiro atoms. The first-order valence-electron chi connectivity index (χ1n) is 1.35. The Labute approximate surface area is 43.6 Å². The molecule has 5 heteroatoms. The van der Waals surface area contributed by atoms with Gasteiger partial charge in [0, 0.05) is 0 Å². The molecular formula is C2H2ClF2O2. The summed E-state index contributed by atoms with van der Waals surface area (Å²) in [4.78, 5) is 0. The van der Waals surface area contributed by atoms with Gasteiger partial charge in [0.1, 0.15) is 0 Å². The van der Waals surface area contributed by atoms with Crippen molar-refractivity contribution in [2.45, 2.75) is 5.57 Å². The fraction of sp³-hybridized carbons (Fsp3) is 1.00. The Balaban J connectivity index is 3.15. The van der Waals surface area contributed by atoms with Gasteiger partial charge in [0.25, 0.3) is 0 Å². The van der Waals surface area contributed by atoms with Crippen LogP contribution in [0.2, 0.25) is 0 Å². The molecule has 0 bridgehead atoms. The summed E-state index contributed by atoms with van der Waals surface area (Å²) in [5.41, 5.74) is -3.79. The highest BCUT2D eigenvalue weighted by Crippen LogP contribution is 2.18. The molecule has 0 aromatic rings. The lowest BCUT2D eigenvalue weighted by Gasteiger charge is -2.01. The van der Waals surface area contributed by atoms with E-state index in [1.807, 2.05) is 0 Å². The lowest BCUT2D eigenvalue weighted by molar-refractivity contribution is -0.222. The molecule has 0 aliphatic heterocycles. The molecule has 0 heterocycles. The molecule has 0 saturated carbocycles. The topological polar surface area (TPSA) is 29.1 Å². The third kappa shape index (κ3) is 6.07. The third-order valence-electron chi connectivity index (χ3n) is 0.223. The molecule has 0 saturated heterocycles. The number of hydrogen-bond donors (Lipinski definition) is 0. The van der Waals surface area contributed by atoms with Gasteiger partial charge in [0.05, 0.1) is 0 Å². The minimum absolute atomic E-state index is 1.32. The highest BCUT2D eigenvalue weighted by atomic mass is 35.5. The quantitative estimate of drug-likeness (QED) is 0.409. The fourth-order valence-corrected chi connectivity index (χ4v) is 0.111. The van der Waals surface area contributed by atoms with Crippen molar-refractivity contribution in [1.29, 1.82) is 0 Å². The summed E-state index contributed by atoms with van der Waals surface area (Å²) in [6, 6.07) is 0. The normalized spacial score (nSPS) is 12.0. The molecule has 1 radical (unpaired) electrons. The van der Waals surface area contributed by atoms with E-state index < -0.39 is 12.4 Å². The molecule has 0 amide bonds. The lowest BCUT2D eigenvalue weighted by Crippen LogP contribution is -2.11. The van der Waals surface area contributed by atoms with Gasteiger partial charge in [-0.25, -0.2) is 5.11 Å². The van der Waals surface area contributed by atoms with Crippen molar-refractivity contribution in [2.24, 2.45) is 0 Å². The van der Waals surface area contributed by atoms with Gasteiger partial charge in [-0.3, -0.25) is 4.74 Å². The Morgan fingerprint density at radius 3 is 2.14 bits per heavy atom. The molecule has 0 atom stereocenters. The lowest BCUT2D eigenvalue weighted by atomic mass is 11.3. The zero-order valence-electron chi connectivity index (χ0n) is 3.16. The van der Waals surface area contributed by atoms with E-state index in [1.54, 1.807) is 0 Å². The van der Waals surface area contributed by atoms with Crippen LogP contribution >= 0.6 is 11.6 Å². The van der Waals surface area contributed by atoms with Crippen LogP contribution in [0.5, 0.6) is 0 Å². The maximum Gasteiger partial charge on any atom is 0.442 e. The van der Waals surface area contributed by atoms with Gasteiger partial charge in [-0.15, -0.1) is 0 Å². The molecule has 0 aliphatic carbocycles. The summed E-state index contributed by atoms with van der Waals surface area (Å²) in [7, 11) is 0. The largest absolute Gasteiger partial charge is 0.442 e. The van der Waals surface area contributed by atoms with E-state index in [-0.39, 0.29) is 0 Å². The first-order valence-corrected chi connectivity index (χ1v) is 1.73. The predicted molar refractivity (Wildman–Crippen MR) is 17.4 cm³/mol. The van der Waals surface area contributed by atoms with Crippen LogP contribution in [-0.2, 0) is 9.84 Å². The zero-order chi connectivity index (χ0) is 5.91. The Morgan fingerprint density at radius 1 is 1.71 bits per heavy atom. The van der Waals surface area contributed by atoms with E-state index in [4.69, 9.17) is 5.11 Å². The van der Waals surface area contributed by atoms with Crippen LogP contribution in [0.3, 0.4) is 0 Å². The molecule has 0 aliphatic rings. The van der Waals surface area contributed by atoms with E-state index in [0.29, 0.717) is 0 Å². The van der Waals surface area contributed by atoms with E-state index in [2.05, 4.69) is 16.3 Å². The van der Waals surface area contributed by atoms with Crippen molar-refractivity contribution < 1.29 is 18.6 Å². The molecule has 0 rings (SSSR count). The Hall–Kier alpha value is 0.0700. The standard InChI is InChI=1S/C2H2ClF2O2/c3-2(4,5)7-1-6/h1H2. The highest BCUT2D eigenvalue weighted by Gasteiger charge is 2.24. The predicted octanol–water partition coefficient (Wildman–Crippen LogP) is 1.18. The van der Waals surface area contributed by atoms with Gasteiger partial charge in [-0.1, -0.05) is 0 Å². The molecule has 7 heavy (non-hydrogen) atoms. The molecule has 0 aromatic heterocycles. The Morgan fingerprint density at radius 2 is 2.14 bits per heavy atom. The summed E-state index contributed by atoms with van der Waals surface area (Å²) in [6.07, 6.45) is 0. The molecule has 2 nitrogen and oxygen atoms in total. The van der Waals surface area contributed by atoms with Crippen molar-refractivity contribution in [3.05, 3.63) is 0 Å². The van der Waals surface area contributed by atoms with Gasteiger partial charge in [-0.2, -0.15) is 8.78 Å². The zero-order valence-corrected chi connectivity index (χ0v) is 3.91. The molecular weight excluding hydrogens is 129 g/mol. The summed E-state index contributed by atoms with van der Waals surface area (Å²) < 4.78 is 25.2. The number of halogens is 3. The van der Waals surface area contributed by atoms with Crippen LogP contribution < -0.4 is 0 Å². The van der Waals surface area contributed by atoms with Gasteiger partial charge in [0.15, 0.2) is 6.79 Å². The van der Waals surface area contributed by atoms with Gasteiger partial charge in [0.2, 0.25) is 0 Å². The summed E-state index contributed by atoms with van der Waals surface area (Å²) >= 11 is 4.08. The van der Waals surface area contributed by atoms with Crippen LogP contribution in [0, 0.1) is 0 Å². The van der Waals surface area contributed by atoms with E-state index in [9.17, 15) is 8.78 Å². The molecule has 0 unspecified atom stereocenters. The molecule has 0 N–H and O–H groups in total. The number of ether oxygens (including phenoxy) is 1. The SMILES string of the molecule is [O]COC(F)(F)Cl. The van der Waals surface area contributed by atoms with Crippen LogP contribution in [0.25, 0.3) is 0 Å². The Kier molecular flexibility index (Phi) is 2.42. The molecule has 43 valence electrons. The maximum atomic E-state index is 11.1. The number of rotatable bonds is 2. The van der Waals surface area contributed by atoms with Crippen LogP contribution in [0.1, 0.15) is 0 Å². The summed E-state index contributed by atoms with van der Waals surface area (Å²) in [5.74, 6) is 0. The van der Waals surface area contributed by atoms with E-state index in [1.165, 1.54) is 0 Å². The second-order valence-electron chi connectivity index (χ2n) is 0.708. The number of hydrogen-bond acceptors (Lipinski definition) is 1. The van der Waals surface area contributed by atoms with Crippen molar-refractivity contribution in [3.8, 4) is 0 Å². The van der Waals surface area contributed by atoms with Crippen molar-refractivity contribution in [3.63, 3.8) is 0 Å². The first-order chi connectivity index (χ1) is 3.06. The van der Waals surface area contributed by atoms with Crippen molar-refractivity contribution in [2.75, 3.05) is 6.79 Å². The van der Waals surface area contributed by atoms with E-state index in [0.717, 1.165) is 0 Å². The summed E-state index contributed by atoms with van der Waals surface area (Å²) in [6.45, 7) is -1.32. The average molecular weight is 131 g/mol. The second-order valence-corrected chi connectivity index (χ2v) is 1.15. The summed E-state index contributed by atoms with van der Waals surface area (Å²) in [5, 5.41) is 9.16. The smallest absolute Gasteiger partial charge is 0.277 e. The first kappa shape index (κ1) is 7.07. The Bertz CT molecular complexity index is 52.1. The highest BCUT2D eigenvalue weighted by molar-refractivity contribution is 6.20. The van der Waals surface area contributed by atoms with E-state index >= 15 is 0 Å². The molecule has 0 fully saturated rings. The van der Waals surface area contributed by atoms with Crippen molar-refractivity contribution >= 4 is 11.6 Å². The van der Waals surface area contributed by atoms with Crippen LogP contribution in [0.15, 0.2) is 0 Å². The third-order valence-corrected chi connectivity index (χ3v) is 0.332.